The van der Waals surface area contributed by atoms with Crippen LogP contribution in [0.4, 0.5) is 0 Å². The lowest BCUT2D eigenvalue weighted by Crippen LogP contribution is -2.51. The lowest BCUT2D eigenvalue weighted by Gasteiger charge is -2.33. The number of rotatable bonds is 6. The van der Waals surface area contributed by atoms with Gasteiger partial charge in [0.2, 0.25) is 11.8 Å². The summed E-state index contributed by atoms with van der Waals surface area (Å²) in [5.74, 6) is 0.330. The second-order valence-electron chi connectivity index (χ2n) is 7.30. The summed E-state index contributed by atoms with van der Waals surface area (Å²) in [5, 5.41) is 5.95. The van der Waals surface area contributed by atoms with Crippen molar-refractivity contribution in [2.24, 2.45) is 13.0 Å². The molecule has 2 heterocycles. The molecule has 1 aliphatic heterocycles. The van der Waals surface area contributed by atoms with E-state index in [1.54, 1.807) is 6.33 Å². The predicted molar refractivity (Wildman–Crippen MR) is 92.6 cm³/mol. The quantitative estimate of drug-likeness (QED) is 0.815. The molecule has 1 aromatic rings. The summed E-state index contributed by atoms with van der Waals surface area (Å²) in [6.45, 7) is 2.07. The maximum Gasteiger partial charge on any atom is 0.242 e. The van der Waals surface area contributed by atoms with E-state index in [4.69, 9.17) is 4.74 Å². The smallest absolute Gasteiger partial charge is 0.242 e. The highest BCUT2D eigenvalue weighted by atomic mass is 16.5. The molecule has 1 aromatic heterocycles. The summed E-state index contributed by atoms with van der Waals surface area (Å²) >= 11 is 0. The number of ether oxygens (including phenoxy) is 1. The number of amides is 2. The number of aryl methyl sites for hydroxylation is 1. The van der Waals surface area contributed by atoms with Crippen molar-refractivity contribution in [2.45, 2.75) is 63.6 Å². The van der Waals surface area contributed by atoms with Crippen molar-refractivity contribution < 1.29 is 14.3 Å². The van der Waals surface area contributed by atoms with Crippen LogP contribution in [0.15, 0.2) is 12.5 Å². The van der Waals surface area contributed by atoms with Gasteiger partial charge in [0, 0.05) is 26.6 Å². The monoisotopic (exact) mass is 348 g/mol. The molecule has 2 N–H and O–H groups in total. The fourth-order valence-corrected chi connectivity index (χ4v) is 3.65. The molecule has 0 bridgehead atoms. The van der Waals surface area contributed by atoms with Crippen molar-refractivity contribution in [1.29, 1.82) is 0 Å². The molecule has 0 aromatic carbocycles. The topological polar surface area (TPSA) is 85.2 Å². The second-order valence-corrected chi connectivity index (χ2v) is 7.30. The first-order chi connectivity index (χ1) is 12.0. The van der Waals surface area contributed by atoms with E-state index >= 15 is 0 Å². The lowest BCUT2D eigenvalue weighted by molar-refractivity contribution is -0.130. The number of imidazole rings is 1. The largest absolute Gasteiger partial charge is 0.372 e. The number of aromatic nitrogens is 2. The van der Waals surface area contributed by atoms with Gasteiger partial charge in [-0.1, -0.05) is 19.3 Å². The van der Waals surface area contributed by atoms with Gasteiger partial charge >= 0.3 is 0 Å². The van der Waals surface area contributed by atoms with Crippen molar-refractivity contribution in [3.63, 3.8) is 0 Å². The first-order valence-electron chi connectivity index (χ1n) is 9.18. The molecule has 0 spiro atoms. The summed E-state index contributed by atoms with van der Waals surface area (Å²) in [6, 6.07) is -0.375. The molecule has 2 aliphatic rings. The minimum atomic E-state index is -0.430. The van der Waals surface area contributed by atoms with E-state index in [1.807, 2.05) is 17.8 Å². The molecule has 25 heavy (non-hydrogen) atoms. The Morgan fingerprint density at radius 1 is 1.40 bits per heavy atom. The van der Waals surface area contributed by atoms with Crippen LogP contribution in [0, 0.1) is 5.92 Å². The van der Waals surface area contributed by atoms with Gasteiger partial charge < -0.3 is 19.9 Å². The van der Waals surface area contributed by atoms with Crippen molar-refractivity contribution in [1.82, 2.24) is 20.2 Å². The Labute approximate surface area is 148 Å². The minimum Gasteiger partial charge on any atom is -0.372 e. The molecule has 7 heteroatoms. The summed E-state index contributed by atoms with van der Waals surface area (Å²) in [5.41, 5.74) is 1.02. The summed E-state index contributed by atoms with van der Waals surface area (Å²) in [7, 11) is 1.94. The van der Waals surface area contributed by atoms with Gasteiger partial charge in [-0.05, 0) is 25.2 Å². The molecule has 1 saturated carbocycles. The summed E-state index contributed by atoms with van der Waals surface area (Å²) in [4.78, 5) is 28.3. The number of nitrogens with zero attached hydrogens (tertiary/aromatic N) is 2. The molecule has 1 aliphatic carbocycles. The third kappa shape index (κ3) is 4.60. The van der Waals surface area contributed by atoms with Gasteiger partial charge in [-0.2, -0.15) is 0 Å². The van der Waals surface area contributed by atoms with E-state index < -0.39 is 6.04 Å². The molecule has 3 atom stereocenters. The number of carbonyl (C=O) groups is 2. The first-order valence-corrected chi connectivity index (χ1v) is 9.18. The van der Waals surface area contributed by atoms with Gasteiger partial charge in [0.25, 0.3) is 0 Å². The number of hydrogen-bond donors (Lipinski definition) is 2. The highest BCUT2D eigenvalue weighted by molar-refractivity contribution is 5.87. The van der Waals surface area contributed by atoms with E-state index in [0.29, 0.717) is 12.5 Å². The van der Waals surface area contributed by atoms with Crippen molar-refractivity contribution in [3.05, 3.63) is 18.2 Å². The van der Waals surface area contributed by atoms with E-state index in [2.05, 4.69) is 15.6 Å². The molecular weight excluding hydrogens is 320 g/mol. The molecule has 2 unspecified atom stereocenters. The SMILES string of the molecule is CC(=O)N[C@H](CC1CCC1)C(=O)NC1CCOC(c2cncn2C)C1. The van der Waals surface area contributed by atoms with Crippen LogP contribution >= 0.6 is 0 Å². The van der Waals surface area contributed by atoms with Crippen molar-refractivity contribution >= 4 is 11.8 Å². The fraction of sp³-hybridized carbons (Fsp3) is 0.722. The third-order valence-corrected chi connectivity index (χ3v) is 5.30. The van der Waals surface area contributed by atoms with Crippen LogP contribution in [0.5, 0.6) is 0 Å². The Balaban J connectivity index is 1.57. The molecule has 2 fully saturated rings. The predicted octanol–water partition coefficient (Wildman–Crippen LogP) is 1.45. The Morgan fingerprint density at radius 2 is 2.20 bits per heavy atom. The Morgan fingerprint density at radius 3 is 2.80 bits per heavy atom. The molecule has 3 rings (SSSR count). The van der Waals surface area contributed by atoms with E-state index in [-0.39, 0.29) is 24.0 Å². The van der Waals surface area contributed by atoms with Crippen LogP contribution in [0.2, 0.25) is 0 Å². The van der Waals surface area contributed by atoms with Gasteiger partial charge in [0.1, 0.15) is 12.1 Å². The van der Waals surface area contributed by atoms with E-state index in [1.165, 1.54) is 13.3 Å². The van der Waals surface area contributed by atoms with Crippen LogP contribution in [0.3, 0.4) is 0 Å². The maximum absolute atomic E-state index is 12.7. The number of nitrogens with one attached hydrogen (secondary N) is 2. The van der Waals surface area contributed by atoms with E-state index in [9.17, 15) is 9.59 Å². The average Bonchev–Trinajstić information content (AvgIpc) is 2.95. The van der Waals surface area contributed by atoms with Gasteiger partial charge in [0.15, 0.2) is 0 Å². The van der Waals surface area contributed by atoms with Gasteiger partial charge in [-0.3, -0.25) is 9.59 Å². The zero-order valence-electron chi connectivity index (χ0n) is 15.0. The Bertz CT molecular complexity index is 611. The number of carbonyl (C=O) groups excluding carboxylic acids is 2. The van der Waals surface area contributed by atoms with Gasteiger partial charge in [0.05, 0.1) is 18.2 Å². The van der Waals surface area contributed by atoms with Crippen molar-refractivity contribution in [3.8, 4) is 0 Å². The average molecular weight is 348 g/mol. The Kier molecular flexibility index (Phi) is 5.73. The minimum absolute atomic E-state index is 0.0544. The van der Waals surface area contributed by atoms with Crippen LogP contribution in [0.1, 0.15) is 57.2 Å². The Hall–Kier alpha value is -1.89. The molecule has 138 valence electrons. The fourth-order valence-electron chi connectivity index (χ4n) is 3.65. The summed E-state index contributed by atoms with van der Waals surface area (Å²) < 4.78 is 7.80. The highest BCUT2D eigenvalue weighted by Crippen LogP contribution is 2.31. The molecule has 2 amide bonds. The maximum atomic E-state index is 12.7. The lowest BCUT2D eigenvalue weighted by atomic mass is 9.80. The highest BCUT2D eigenvalue weighted by Gasteiger charge is 2.31. The zero-order valence-corrected chi connectivity index (χ0v) is 15.0. The molecule has 1 saturated heterocycles. The molecular formula is C18H28N4O3. The standard InChI is InChI=1S/C18H28N4O3/c1-12(23)20-15(8-13-4-3-5-13)18(24)21-14-6-7-25-17(9-14)16-10-19-11-22(16)2/h10-11,13-15,17H,3-9H2,1-2H3,(H,20,23)(H,21,24)/t14?,15-,17?/m1/s1. The van der Waals surface area contributed by atoms with Crippen LogP contribution in [0.25, 0.3) is 0 Å². The van der Waals surface area contributed by atoms with Gasteiger partial charge in [-0.15, -0.1) is 0 Å². The van der Waals surface area contributed by atoms with E-state index in [0.717, 1.165) is 37.8 Å². The summed E-state index contributed by atoms with van der Waals surface area (Å²) in [6.07, 6.45) is 9.30. The van der Waals surface area contributed by atoms with Gasteiger partial charge in [-0.25, -0.2) is 4.98 Å². The van der Waals surface area contributed by atoms with Crippen LogP contribution in [-0.2, 0) is 21.4 Å². The molecule has 0 radical (unpaired) electrons. The zero-order chi connectivity index (χ0) is 17.8. The normalized spacial score (nSPS) is 25.0. The van der Waals surface area contributed by atoms with Crippen molar-refractivity contribution in [2.75, 3.05) is 6.61 Å². The third-order valence-electron chi connectivity index (χ3n) is 5.30. The van der Waals surface area contributed by atoms with Crippen LogP contribution < -0.4 is 10.6 Å². The number of hydrogen-bond acceptors (Lipinski definition) is 4. The second kappa shape index (κ2) is 7.99. The van der Waals surface area contributed by atoms with Crippen LogP contribution in [-0.4, -0.2) is 40.1 Å². The molecule has 7 nitrogen and oxygen atoms in total. The first kappa shape index (κ1) is 17.9.